The largest absolute Gasteiger partial charge is 0.495 e. The van der Waals surface area contributed by atoms with Gasteiger partial charge in [-0.3, -0.25) is 14.4 Å². The fourth-order valence-electron chi connectivity index (χ4n) is 3.41. The average molecular weight is 396 g/mol. The molecule has 1 fully saturated rings. The third kappa shape index (κ3) is 4.93. The van der Waals surface area contributed by atoms with Gasteiger partial charge in [-0.2, -0.15) is 0 Å². The summed E-state index contributed by atoms with van der Waals surface area (Å²) in [4.78, 5) is 38.5. The van der Waals surface area contributed by atoms with Crippen molar-refractivity contribution in [1.29, 1.82) is 0 Å². The highest BCUT2D eigenvalue weighted by Gasteiger charge is 2.36. The summed E-state index contributed by atoms with van der Waals surface area (Å²) in [6.45, 7) is 3.74. The lowest BCUT2D eigenvalue weighted by Gasteiger charge is -2.18. The number of methoxy groups -OCH3 is 1. The van der Waals surface area contributed by atoms with Crippen molar-refractivity contribution in [2.24, 2.45) is 5.92 Å². The minimum absolute atomic E-state index is 0.0694. The molecule has 0 saturated carbocycles. The molecular formula is C22H24N2O5. The molecule has 7 nitrogen and oxygen atoms in total. The Bertz CT molecular complexity index is 920. The van der Waals surface area contributed by atoms with Gasteiger partial charge >= 0.3 is 5.97 Å². The Morgan fingerprint density at radius 1 is 1.14 bits per heavy atom. The van der Waals surface area contributed by atoms with Crippen LogP contribution in [-0.4, -0.2) is 38.0 Å². The maximum atomic E-state index is 12.4. The number of carbonyl (C=O) groups excluding carboxylic acids is 3. The van der Waals surface area contributed by atoms with E-state index in [0.717, 1.165) is 16.8 Å². The number of rotatable bonds is 6. The lowest BCUT2D eigenvalue weighted by molar-refractivity contribution is -0.151. The van der Waals surface area contributed by atoms with E-state index in [-0.39, 0.29) is 18.9 Å². The third-order valence-electron chi connectivity index (χ3n) is 4.70. The summed E-state index contributed by atoms with van der Waals surface area (Å²) in [7, 11) is 1.50. The molecule has 29 heavy (non-hydrogen) atoms. The van der Waals surface area contributed by atoms with Crippen LogP contribution < -0.4 is 15.0 Å². The maximum Gasteiger partial charge on any atom is 0.311 e. The molecule has 2 aromatic carbocycles. The van der Waals surface area contributed by atoms with Gasteiger partial charge in [0.1, 0.15) is 5.75 Å². The van der Waals surface area contributed by atoms with Gasteiger partial charge in [0, 0.05) is 18.7 Å². The molecule has 1 aliphatic heterocycles. The summed E-state index contributed by atoms with van der Waals surface area (Å²) in [6.07, 6.45) is 0.0694. The van der Waals surface area contributed by atoms with Crippen molar-refractivity contribution >= 4 is 29.2 Å². The zero-order valence-corrected chi connectivity index (χ0v) is 16.7. The van der Waals surface area contributed by atoms with E-state index in [0.29, 0.717) is 11.4 Å². The van der Waals surface area contributed by atoms with Crippen LogP contribution in [0.4, 0.5) is 11.4 Å². The number of anilines is 2. The minimum Gasteiger partial charge on any atom is -0.495 e. The number of para-hydroxylation sites is 2. The van der Waals surface area contributed by atoms with Gasteiger partial charge in [-0.05, 0) is 49.2 Å². The van der Waals surface area contributed by atoms with Gasteiger partial charge in [0.25, 0.3) is 5.91 Å². The summed E-state index contributed by atoms with van der Waals surface area (Å²) in [5.41, 5.74) is 3.36. The standard InChI is InChI=1S/C22H24N2O5/c1-14-8-15(2)10-17(9-14)24-12-16(11-21(24)26)22(27)29-13-20(25)23-18-6-4-5-7-19(18)28-3/h4-10,16H,11-13H2,1-3H3,(H,23,25)/t16-/m1/s1. The van der Waals surface area contributed by atoms with E-state index < -0.39 is 24.4 Å². The Kier molecular flexibility index (Phi) is 6.16. The Balaban J connectivity index is 1.56. The number of hydrogen-bond acceptors (Lipinski definition) is 5. The molecular weight excluding hydrogens is 372 g/mol. The van der Waals surface area contributed by atoms with Crippen LogP contribution in [0.1, 0.15) is 17.5 Å². The molecule has 152 valence electrons. The summed E-state index contributed by atoms with van der Waals surface area (Å²) in [6, 6.07) is 12.8. The van der Waals surface area contributed by atoms with Gasteiger partial charge in [-0.15, -0.1) is 0 Å². The lowest BCUT2D eigenvalue weighted by atomic mass is 10.1. The molecule has 2 aromatic rings. The van der Waals surface area contributed by atoms with Gasteiger partial charge in [0.05, 0.1) is 18.7 Å². The summed E-state index contributed by atoms with van der Waals surface area (Å²) in [5.74, 6) is -1.24. The predicted molar refractivity (Wildman–Crippen MR) is 109 cm³/mol. The van der Waals surface area contributed by atoms with E-state index in [2.05, 4.69) is 5.32 Å². The van der Waals surface area contributed by atoms with Crippen LogP contribution in [0.5, 0.6) is 5.75 Å². The van der Waals surface area contributed by atoms with Gasteiger partial charge in [0.2, 0.25) is 5.91 Å². The molecule has 0 aromatic heterocycles. The van der Waals surface area contributed by atoms with Crippen molar-refractivity contribution in [2.45, 2.75) is 20.3 Å². The van der Waals surface area contributed by atoms with Gasteiger partial charge in [-0.25, -0.2) is 0 Å². The van der Waals surface area contributed by atoms with Crippen molar-refractivity contribution in [3.8, 4) is 5.75 Å². The number of nitrogens with one attached hydrogen (secondary N) is 1. The molecule has 2 amide bonds. The SMILES string of the molecule is COc1ccccc1NC(=O)COC(=O)[C@@H]1CC(=O)N(c2cc(C)cc(C)c2)C1. The number of benzene rings is 2. The van der Waals surface area contributed by atoms with Crippen molar-refractivity contribution in [3.63, 3.8) is 0 Å². The molecule has 1 atom stereocenters. The number of esters is 1. The van der Waals surface area contributed by atoms with E-state index in [1.807, 2.05) is 32.0 Å². The molecule has 0 bridgehead atoms. The summed E-state index contributed by atoms with van der Waals surface area (Å²) < 4.78 is 10.3. The van der Waals surface area contributed by atoms with Crippen LogP contribution in [0.15, 0.2) is 42.5 Å². The Morgan fingerprint density at radius 2 is 1.83 bits per heavy atom. The first kappa shape index (κ1) is 20.4. The molecule has 1 saturated heterocycles. The molecule has 1 aliphatic rings. The first-order valence-electron chi connectivity index (χ1n) is 9.35. The highest BCUT2D eigenvalue weighted by Crippen LogP contribution is 2.28. The lowest BCUT2D eigenvalue weighted by Crippen LogP contribution is -2.28. The topological polar surface area (TPSA) is 84.9 Å². The molecule has 3 rings (SSSR count). The second-order valence-corrected chi connectivity index (χ2v) is 7.11. The zero-order chi connectivity index (χ0) is 21.0. The number of hydrogen-bond donors (Lipinski definition) is 1. The maximum absolute atomic E-state index is 12.4. The number of aryl methyl sites for hydroxylation is 2. The van der Waals surface area contributed by atoms with Gasteiger partial charge < -0.3 is 19.7 Å². The van der Waals surface area contributed by atoms with Crippen molar-refractivity contribution in [2.75, 3.05) is 30.5 Å². The summed E-state index contributed by atoms with van der Waals surface area (Å²) in [5, 5.41) is 2.64. The molecule has 0 aliphatic carbocycles. The minimum atomic E-state index is -0.595. The van der Waals surface area contributed by atoms with E-state index in [1.165, 1.54) is 7.11 Å². The van der Waals surface area contributed by atoms with Crippen molar-refractivity contribution < 1.29 is 23.9 Å². The highest BCUT2D eigenvalue weighted by atomic mass is 16.5. The second-order valence-electron chi connectivity index (χ2n) is 7.11. The Morgan fingerprint density at radius 3 is 2.52 bits per heavy atom. The number of amides is 2. The Hall–Kier alpha value is -3.35. The first-order valence-corrected chi connectivity index (χ1v) is 9.35. The van der Waals surface area contributed by atoms with E-state index in [4.69, 9.17) is 9.47 Å². The molecule has 7 heteroatoms. The predicted octanol–water partition coefficient (Wildman–Crippen LogP) is 2.85. The average Bonchev–Trinajstić information content (AvgIpc) is 3.07. The third-order valence-corrected chi connectivity index (χ3v) is 4.70. The highest BCUT2D eigenvalue weighted by molar-refractivity contribution is 6.00. The van der Waals surface area contributed by atoms with Crippen LogP contribution in [0.2, 0.25) is 0 Å². The first-order chi connectivity index (χ1) is 13.9. The second kappa shape index (κ2) is 8.77. The fourth-order valence-corrected chi connectivity index (χ4v) is 3.41. The van der Waals surface area contributed by atoms with E-state index in [9.17, 15) is 14.4 Å². The smallest absolute Gasteiger partial charge is 0.311 e. The van der Waals surface area contributed by atoms with E-state index >= 15 is 0 Å². The number of ether oxygens (including phenoxy) is 2. The van der Waals surface area contributed by atoms with Crippen molar-refractivity contribution in [1.82, 2.24) is 0 Å². The van der Waals surface area contributed by atoms with Crippen LogP contribution in [0.3, 0.4) is 0 Å². The monoisotopic (exact) mass is 396 g/mol. The number of carbonyl (C=O) groups is 3. The Labute approximate surface area is 169 Å². The van der Waals surface area contributed by atoms with Crippen LogP contribution >= 0.6 is 0 Å². The van der Waals surface area contributed by atoms with Crippen LogP contribution in [0, 0.1) is 19.8 Å². The molecule has 0 unspecified atom stereocenters. The molecule has 1 heterocycles. The van der Waals surface area contributed by atoms with Crippen molar-refractivity contribution in [3.05, 3.63) is 53.6 Å². The number of nitrogens with zero attached hydrogens (tertiary/aromatic N) is 1. The van der Waals surface area contributed by atoms with Gasteiger partial charge in [0.15, 0.2) is 6.61 Å². The quantitative estimate of drug-likeness (QED) is 0.759. The van der Waals surface area contributed by atoms with Crippen LogP contribution in [-0.2, 0) is 19.1 Å². The molecule has 0 radical (unpaired) electrons. The summed E-state index contributed by atoms with van der Waals surface area (Å²) >= 11 is 0. The fraction of sp³-hybridized carbons (Fsp3) is 0.318. The van der Waals surface area contributed by atoms with Crippen LogP contribution in [0.25, 0.3) is 0 Å². The normalized spacial score (nSPS) is 15.9. The van der Waals surface area contributed by atoms with Gasteiger partial charge in [-0.1, -0.05) is 18.2 Å². The zero-order valence-electron chi connectivity index (χ0n) is 16.7. The molecule has 0 spiro atoms. The van der Waals surface area contributed by atoms with E-state index in [1.54, 1.807) is 29.2 Å². The molecule has 1 N–H and O–H groups in total.